The zero-order valence-electron chi connectivity index (χ0n) is 23.9. The largest absolute Gasteiger partial charge is 0.488 e. The number of likely N-dealkylation sites (tertiary alicyclic amines) is 1. The average Bonchev–Trinajstić information content (AvgIpc) is 3.63. The summed E-state index contributed by atoms with van der Waals surface area (Å²) in [5, 5.41) is 4.53. The lowest BCUT2D eigenvalue weighted by molar-refractivity contribution is 0.0351. The van der Waals surface area contributed by atoms with Crippen LogP contribution >= 0.6 is 12.4 Å². The second-order valence-corrected chi connectivity index (χ2v) is 12.1. The van der Waals surface area contributed by atoms with Crippen LogP contribution in [0.5, 0.6) is 5.75 Å². The van der Waals surface area contributed by atoms with Crippen LogP contribution in [0.1, 0.15) is 61.0 Å². The highest BCUT2D eigenvalue weighted by Gasteiger charge is 2.34. The molecule has 0 saturated carbocycles. The first kappa shape index (κ1) is 29.0. The van der Waals surface area contributed by atoms with Gasteiger partial charge in [-0.05, 0) is 87.9 Å². The molecule has 2 atom stereocenters. The van der Waals surface area contributed by atoms with E-state index < -0.39 is 0 Å². The molecule has 0 bridgehead atoms. The van der Waals surface area contributed by atoms with Gasteiger partial charge >= 0.3 is 0 Å². The van der Waals surface area contributed by atoms with Gasteiger partial charge in [-0.25, -0.2) is 4.39 Å². The van der Waals surface area contributed by atoms with Crippen molar-refractivity contribution < 1.29 is 18.3 Å². The van der Waals surface area contributed by atoms with E-state index >= 15 is 0 Å². The summed E-state index contributed by atoms with van der Waals surface area (Å²) < 4.78 is 25.9. The Kier molecular flexibility index (Phi) is 8.75. The third-order valence-corrected chi connectivity index (χ3v) is 9.52. The van der Waals surface area contributed by atoms with E-state index in [0.29, 0.717) is 28.0 Å². The predicted molar refractivity (Wildman–Crippen MR) is 165 cm³/mol. The van der Waals surface area contributed by atoms with Crippen LogP contribution in [0.2, 0.25) is 0 Å². The number of carbonyl (C=O) groups excluding carboxylic acids is 1. The number of piperidine rings is 3. The number of ether oxygens (including phenoxy) is 1. The molecular weight excluding hydrogens is 555 g/mol. The van der Waals surface area contributed by atoms with Crippen LogP contribution in [0, 0.1) is 11.7 Å². The van der Waals surface area contributed by atoms with Gasteiger partial charge in [0.15, 0.2) is 0 Å². The van der Waals surface area contributed by atoms with Crippen molar-refractivity contribution in [2.75, 3.05) is 32.7 Å². The van der Waals surface area contributed by atoms with Crippen LogP contribution < -0.4 is 10.1 Å². The Morgan fingerprint density at radius 3 is 2.74 bits per heavy atom. The number of aromatic amines is 1. The minimum atomic E-state index is -0.329. The zero-order chi connectivity index (χ0) is 27.8. The summed E-state index contributed by atoms with van der Waals surface area (Å²) in [6, 6.07) is 13.3. The highest BCUT2D eigenvalue weighted by Crippen LogP contribution is 2.33. The first-order valence-electron chi connectivity index (χ1n) is 15.3. The molecule has 0 radical (unpaired) electrons. The Balaban J connectivity index is 0.00000316. The highest BCUT2D eigenvalue weighted by molar-refractivity contribution is 5.99. The molecule has 2 aromatic carbocycles. The average molecular weight is 595 g/mol. The van der Waals surface area contributed by atoms with Crippen molar-refractivity contribution in [3.8, 4) is 5.75 Å². The summed E-state index contributed by atoms with van der Waals surface area (Å²) in [6.45, 7) is 6.03. The Morgan fingerprint density at radius 1 is 1.02 bits per heavy atom. The molecule has 7 rings (SSSR count). The normalized spacial score (nSPS) is 22.1. The Hall–Kier alpha value is -3.07. The van der Waals surface area contributed by atoms with Crippen molar-refractivity contribution in [2.24, 2.45) is 5.92 Å². The summed E-state index contributed by atoms with van der Waals surface area (Å²) in [4.78, 5) is 21.9. The first-order valence-corrected chi connectivity index (χ1v) is 15.3. The van der Waals surface area contributed by atoms with E-state index in [0.717, 1.165) is 48.8 Å². The number of halogens is 2. The summed E-state index contributed by atoms with van der Waals surface area (Å²) in [5.74, 6) is 1.02. The third kappa shape index (κ3) is 5.90. The van der Waals surface area contributed by atoms with Gasteiger partial charge in [-0.1, -0.05) is 18.6 Å². The molecule has 5 heterocycles. The standard InChI is InChI=1S/C33H39FN4O3.ClH/c34-26-7-3-11-31-32(26)23(21-41-31)20-40-30-10-4-8-27-25(30)18-28(36-27)33(39)35-24-12-16-37(17-13-24)19-22-6-5-15-38-14-2-1-9-29(22)38;/h3-4,7-8,10-11,18,21-22,24,29,36H,1-2,5-6,9,12-17,19-20H2,(H,35,39);1H/t22-,29?;/m0./s1. The maximum Gasteiger partial charge on any atom is 0.267 e. The Bertz CT molecular complexity index is 1530. The lowest BCUT2D eigenvalue weighted by atomic mass is 9.83. The number of benzene rings is 2. The highest BCUT2D eigenvalue weighted by atomic mass is 35.5. The number of furan rings is 1. The fourth-order valence-electron chi connectivity index (χ4n) is 7.39. The second kappa shape index (κ2) is 12.7. The molecule has 4 aromatic rings. The van der Waals surface area contributed by atoms with Crippen molar-refractivity contribution in [3.63, 3.8) is 0 Å². The van der Waals surface area contributed by atoms with Gasteiger partial charge in [0.25, 0.3) is 5.91 Å². The number of carbonyl (C=O) groups is 1. The van der Waals surface area contributed by atoms with Crippen molar-refractivity contribution in [1.29, 1.82) is 0 Å². The lowest BCUT2D eigenvalue weighted by Gasteiger charge is -2.46. The molecule has 224 valence electrons. The number of fused-ring (bicyclic) bond motifs is 3. The van der Waals surface area contributed by atoms with E-state index in [1.807, 2.05) is 24.3 Å². The molecule has 3 saturated heterocycles. The van der Waals surface area contributed by atoms with Crippen LogP contribution in [0.4, 0.5) is 4.39 Å². The van der Waals surface area contributed by atoms with Crippen LogP contribution in [-0.2, 0) is 6.61 Å². The molecule has 9 heteroatoms. The minimum Gasteiger partial charge on any atom is -0.488 e. The van der Waals surface area contributed by atoms with Gasteiger partial charge in [0.1, 0.15) is 29.5 Å². The molecular formula is C33H40ClFN4O3. The molecule has 0 spiro atoms. The molecule has 2 N–H and O–H groups in total. The number of hydrogen-bond acceptors (Lipinski definition) is 5. The van der Waals surface area contributed by atoms with Crippen molar-refractivity contribution in [1.82, 2.24) is 20.1 Å². The van der Waals surface area contributed by atoms with Gasteiger partial charge < -0.3 is 29.3 Å². The molecule has 1 unspecified atom stereocenters. The van der Waals surface area contributed by atoms with Crippen LogP contribution in [0.25, 0.3) is 21.9 Å². The van der Waals surface area contributed by atoms with E-state index in [2.05, 4.69) is 20.1 Å². The smallest absolute Gasteiger partial charge is 0.267 e. The quantitative estimate of drug-likeness (QED) is 0.255. The van der Waals surface area contributed by atoms with Crippen molar-refractivity contribution >= 4 is 40.2 Å². The molecule has 1 amide bonds. The van der Waals surface area contributed by atoms with Gasteiger partial charge in [-0.2, -0.15) is 0 Å². The van der Waals surface area contributed by atoms with Crippen LogP contribution in [0.3, 0.4) is 0 Å². The number of aromatic nitrogens is 1. The van der Waals surface area contributed by atoms with Gasteiger partial charge in [0, 0.05) is 48.2 Å². The molecule has 42 heavy (non-hydrogen) atoms. The van der Waals surface area contributed by atoms with E-state index in [9.17, 15) is 9.18 Å². The SMILES string of the molecule is Cl.O=C(NC1CCN(C[C@@H]2CCCN3CCCCC23)CC1)c1cc2c(OCc3coc4cccc(F)c34)cccc2[nH]1. The fraction of sp³-hybridized carbons (Fsp3) is 0.485. The number of nitrogens with zero attached hydrogens (tertiary/aromatic N) is 2. The summed E-state index contributed by atoms with van der Waals surface area (Å²) in [7, 11) is 0. The van der Waals surface area contributed by atoms with Gasteiger partial charge in [-0.3, -0.25) is 4.79 Å². The molecule has 3 fully saturated rings. The number of amides is 1. The topological polar surface area (TPSA) is 73.7 Å². The number of rotatable bonds is 7. The van der Waals surface area contributed by atoms with E-state index in [-0.39, 0.29) is 36.8 Å². The maximum absolute atomic E-state index is 14.4. The molecule has 3 aliphatic heterocycles. The van der Waals surface area contributed by atoms with E-state index in [1.54, 1.807) is 12.1 Å². The summed E-state index contributed by atoms with van der Waals surface area (Å²) in [6.07, 6.45) is 10.3. The lowest BCUT2D eigenvalue weighted by Crippen LogP contribution is -2.52. The minimum absolute atomic E-state index is 0. The predicted octanol–water partition coefficient (Wildman–Crippen LogP) is 6.51. The second-order valence-electron chi connectivity index (χ2n) is 12.1. The Labute approximate surface area is 252 Å². The molecule has 2 aromatic heterocycles. The van der Waals surface area contributed by atoms with E-state index in [1.165, 1.54) is 64.1 Å². The number of nitrogens with one attached hydrogen (secondary N) is 2. The monoisotopic (exact) mass is 594 g/mol. The third-order valence-electron chi connectivity index (χ3n) is 9.52. The van der Waals surface area contributed by atoms with Gasteiger partial charge in [0.05, 0.1) is 11.6 Å². The van der Waals surface area contributed by atoms with E-state index in [4.69, 9.17) is 9.15 Å². The number of hydrogen-bond donors (Lipinski definition) is 2. The maximum atomic E-state index is 14.4. The van der Waals surface area contributed by atoms with Crippen LogP contribution in [0.15, 0.2) is 53.1 Å². The number of H-pyrrole nitrogens is 1. The van der Waals surface area contributed by atoms with Crippen LogP contribution in [-0.4, -0.2) is 65.5 Å². The molecule has 3 aliphatic rings. The molecule has 0 aliphatic carbocycles. The first-order chi connectivity index (χ1) is 20.1. The van der Waals surface area contributed by atoms with Gasteiger partial charge in [-0.15, -0.1) is 12.4 Å². The van der Waals surface area contributed by atoms with Gasteiger partial charge in [0.2, 0.25) is 0 Å². The summed E-state index contributed by atoms with van der Waals surface area (Å²) in [5.41, 5.74) is 2.50. The van der Waals surface area contributed by atoms with Crippen molar-refractivity contribution in [2.45, 2.75) is 63.6 Å². The summed E-state index contributed by atoms with van der Waals surface area (Å²) >= 11 is 0. The fourth-order valence-corrected chi connectivity index (χ4v) is 7.39. The molecule has 7 nitrogen and oxygen atoms in total. The zero-order valence-corrected chi connectivity index (χ0v) is 24.8. The Morgan fingerprint density at radius 2 is 1.86 bits per heavy atom. The van der Waals surface area contributed by atoms with Crippen molar-refractivity contribution in [3.05, 3.63) is 65.8 Å².